The van der Waals surface area contributed by atoms with E-state index in [1.807, 2.05) is 0 Å². The molecule has 2 unspecified atom stereocenters. The van der Waals surface area contributed by atoms with Crippen molar-refractivity contribution < 1.29 is 24.1 Å². The summed E-state index contributed by atoms with van der Waals surface area (Å²) in [6.45, 7) is 8.29. The molecule has 0 saturated carbocycles. The summed E-state index contributed by atoms with van der Waals surface area (Å²) in [4.78, 5) is 9.83. The molecule has 0 bridgehead atoms. The molecule has 0 aromatic carbocycles. The fourth-order valence-corrected chi connectivity index (χ4v) is 0.811. The van der Waals surface area contributed by atoms with Crippen molar-refractivity contribution in [2.24, 2.45) is 0 Å². The summed E-state index contributed by atoms with van der Waals surface area (Å²) < 4.78 is 15.1. The number of epoxide rings is 2. The van der Waals surface area contributed by atoms with Crippen LogP contribution >= 0.6 is 0 Å². The number of carbonyl (C=O) groups is 1. The molecule has 2 rings (SSSR count). The van der Waals surface area contributed by atoms with Crippen LogP contribution < -0.4 is 0 Å². The molecule has 0 aromatic rings. The van der Waals surface area contributed by atoms with Crippen molar-refractivity contribution in [3.05, 3.63) is 12.2 Å². The van der Waals surface area contributed by atoms with Gasteiger partial charge in [0.05, 0.1) is 26.4 Å². The standard InChI is InChI=1S/C6H10O3.C5H8O2/c1(5-3-8-5)7-2-6-4-9-6;1-3-4(2)5(6)7/h5-6H,1-4H2;2-3H2,1H3,(H,6,7). The van der Waals surface area contributed by atoms with Crippen LogP contribution in [0.4, 0.5) is 0 Å². The number of aliphatic carboxylic acids is 1. The van der Waals surface area contributed by atoms with E-state index in [2.05, 4.69) is 6.58 Å². The van der Waals surface area contributed by atoms with Gasteiger partial charge in [-0.25, -0.2) is 4.79 Å². The van der Waals surface area contributed by atoms with Gasteiger partial charge in [0, 0.05) is 5.57 Å². The molecule has 2 heterocycles. The third-order valence-electron chi connectivity index (χ3n) is 2.14. The Labute approximate surface area is 95.0 Å². The highest BCUT2D eigenvalue weighted by Crippen LogP contribution is 2.12. The molecule has 92 valence electrons. The van der Waals surface area contributed by atoms with Gasteiger partial charge in [-0.2, -0.15) is 0 Å². The third-order valence-corrected chi connectivity index (χ3v) is 2.14. The van der Waals surface area contributed by atoms with Gasteiger partial charge < -0.3 is 19.3 Å². The first-order valence-electron chi connectivity index (χ1n) is 5.35. The van der Waals surface area contributed by atoms with Crippen LogP contribution in [0.25, 0.3) is 0 Å². The van der Waals surface area contributed by atoms with E-state index >= 15 is 0 Å². The zero-order chi connectivity index (χ0) is 12.0. The molecule has 2 saturated heterocycles. The van der Waals surface area contributed by atoms with E-state index in [1.54, 1.807) is 6.92 Å². The first-order valence-corrected chi connectivity index (χ1v) is 5.35. The molecule has 0 amide bonds. The molecule has 1 N–H and O–H groups in total. The fraction of sp³-hybridized carbons (Fsp3) is 0.727. The molecular weight excluding hydrogens is 212 g/mol. The summed E-state index contributed by atoms with van der Waals surface area (Å²) in [7, 11) is 0. The molecule has 2 aliphatic rings. The van der Waals surface area contributed by atoms with Crippen molar-refractivity contribution in [3.63, 3.8) is 0 Å². The van der Waals surface area contributed by atoms with Crippen molar-refractivity contribution >= 4 is 5.97 Å². The van der Waals surface area contributed by atoms with Crippen LogP contribution in [0.3, 0.4) is 0 Å². The highest BCUT2D eigenvalue weighted by atomic mass is 16.6. The van der Waals surface area contributed by atoms with Crippen LogP contribution in [0.1, 0.15) is 13.3 Å². The molecule has 0 spiro atoms. The Hall–Kier alpha value is -0.910. The molecule has 5 heteroatoms. The number of rotatable bonds is 6. The number of hydrogen-bond donors (Lipinski definition) is 1. The van der Waals surface area contributed by atoms with Crippen molar-refractivity contribution in [1.82, 2.24) is 0 Å². The Kier molecular flexibility index (Phi) is 5.45. The van der Waals surface area contributed by atoms with Crippen molar-refractivity contribution in [2.75, 3.05) is 26.4 Å². The summed E-state index contributed by atoms with van der Waals surface area (Å²) in [5.41, 5.74) is 0.264. The van der Waals surface area contributed by atoms with Crippen molar-refractivity contribution in [3.8, 4) is 0 Å². The molecule has 5 nitrogen and oxygen atoms in total. The summed E-state index contributed by atoms with van der Waals surface area (Å²) in [6.07, 6.45) is 1.31. The van der Waals surface area contributed by atoms with Crippen LogP contribution in [0.5, 0.6) is 0 Å². The summed E-state index contributed by atoms with van der Waals surface area (Å²) in [6, 6.07) is 0. The summed E-state index contributed by atoms with van der Waals surface area (Å²) in [5, 5.41) is 8.08. The largest absolute Gasteiger partial charge is 0.478 e. The Morgan fingerprint density at radius 3 is 2.00 bits per heavy atom. The maximum Gasteiger partial charge on any atom is 0.330 e. The van der Waals surface area contributed by atoms with Crippen LogP contribution in [-0.2, 0) is 19.0 Å². The van der Waals surface area contributed by atoms with E-state index in [0.717, 1.165) is 26.4 Å². The Morgan fingerprint density at radius 1 is 1.38 bits per heavy atom. The quantitative estimate of drug-likeness (QED) is 0.540. The second-order valence-electron chi connectivity index (χ2n) is 3.71. The SMILES string of the molecule is C(OCC1CO1)C1CO1.C=C(CC)C(=O)O. The highest BCUT2D eigenvalue weighted by molar-refractivity contribution is 5.85. The van der Waals surface area contributed by atoms with Crippen LogP contribution in [0, 0.1) is 0 Å². The third kappa shape index (κ3) is 6.55. The molecule has 0 aliphatic carbocycles. The Morgan fingerprint density at radius 2 is 1.81 bits per heavy atom. The smallest absolute Gasteiger partial charge is 0.330 e. The van der Waals surface area contributed by atoms with E-state index in [9.17, 15) is 4.79 Å². The lowest BCUT2D eigenvalue weighted by molar-refractivity contribution is -0.132. The molecule has 2 fully saturated rings. The minimum absolute atomic E-state index is 0.264. The minimum Gasteiger partial charge on any atom is -0.478 e. The normalized spacial score (nSPS) is 25.3. The van der Waals surface area contributed by atoms with E-state index in [0.29, 0.717) is 18.6 Å². The molecular formula is C11H18O5. The zero-order valence-electron chi connectivity index (χ0n) is 9.48. The van der Waals surface area contributed by atoms with Crippen molar-refractivity contribution in [1.29, 1.82) is 0 Å². The Balaban J connectivity index is 0.000000168. The van der Waals surface area contributed by atoms with Gasteiger partial charge in [-0.15, -0.1) is 0 Å². The van der Waals surface area contributed by atoms with Crippen LogP contribution in [-0.4, -0.2) is 49.7 Å². The van der Waals surface area contributed by atoms with E-state index in [4.69, 9.17) is 19.3 Å². The topological polar surface area (TPSA) is 71.6 Å². The maximum absolute atomic E-state index is 9.83. The number of hydrogen-bond acceptors (Lipinski definition) is 4. The number of carboxylic acids is 1. The second-order valence-corrected chi connectivity index (χ2v) is 3.71. The van der Waals surface area contributed by atoms with Gasteiger partial charge in [0.2, 0.25) is 0 Å². The number of ether oxygens (including phenoxy) is 3. The van der Waals surface area contributed by atoms with Crippen LogP contribution in [0.2, 0.25) is 0 Å². The van der Waals surface area contributed by atoms with Gasteiger partial charge in [-0.3, -0.25) is 0 Å². The first-order chi connectivity index (χ1) is 7.63. The van der Waals surface area contributed by atoms with E-state index < -0.39 is 5.97 Å². The lowest BCUT2D eigenvalue weighted by atomic mass is 10.2. The van der Waals surface area contributed by atoms with Gasteiger partial charge in [0.1, 0.15) is 12.2 Å². The zero-order valence-corrected chi connectivity index (χ0v) is 9.48. The average Bonchev–Trinajstić information content (AvgIpc) is 3.11. The maximum atomic E-state index is 9.83. The van der Waals surface area contributed by atoms with Gasteiger partial charge in [0.25, 0.3) is 0 Å². The van der Waals surface area contributed by atoms with Crippen molar-refractivity contribution in [2.45, 2.75) is 25.6 Å². The van der Waals surface area contributed by atoms with E-state index in [1.165, 1.54) is 0 Å². The Bertz CT molecular complexity index is 231. The average molecular weight is 230 g/mol. The minimum atomic E-state index is -0.900. The fourth-order valence-electron chi connectivity index (χ4n) is 0.811. The molecule has 2 atom stereocenters. The number of carboxylic acid groups (broad SMARTS) is 1. The predicted molar refractivity (Wildman–Crippen MR) is 57.4 cm³/mol. The van der Waals surface area contributed by atoms with Crippen LogP contribution in [0.15, 0.2) is 12.2 Å². The monoisotopic (exact) mass is 230 g/mol. The lowest BCUT2D eigenvalue weighted by Gasteiger charge is -1.95. The second kappa shape index (κ2) is 6.62. The van der Waals surface area contributed by atoms with E-state index in [-0.39, 0.29) is 5.57 Å². The predicted octanol–water partition coefficient (Wildman–Crippen LogP) is 0.838. The summed E-state index contributed by atoms with van der Waals surface area (Å²) in [5.74, 6) is -0.900. The van der Waals surface area contributed by atoms with Gasteiger partial charge >= 0.3 is 5.97 Å². The summed E-state index contributed by atoms with van der Waals surface area (Å²) >= 11 is 0. The molecule has 2 aliphatic heterocycles. The molecule has 0 aromatic heterocycles. The lowest BCUT2D eigenvalue weighted by Crippen LogP contribution is -2.06. The molecule has 16 heavy (non-hydrogen) atoms. The highest BCUT2D eigenvalue weighted by Gasteiger charge is 2.26. The first kappa shape index (κ1) is 13.2. The molecule has 0 radical (unpaired) electrons. The van der Waals surface area contributed by atoms with Gasteiger partial charge in [0.15, 0.2) is 0 Å². The van der Waals surface area contributed by atoms with Gasteiger partial charge in [-0.05, 0) is 6.42 Å². The van der Waals surface area contributed by atoms with Gasteiger partial charge in [-0.1, -0.05) is 13.5 Å².